The van der Waals surface area contributed by atoms with Gasteiger partial charge in [0.15, 0.2) is 11.4 Å². The summed E-state index contributed by atoms with van der Waals surface area (Å²) in [5.41, 5.74) is -3.06. The Balaban J connectivity index is 1.71. The lowest BCUT2D eigenvalue weighted by molar-refractivity contribution is -0.267. The van der Waals surface area contributed by atoms with Gasteiger partial charge in [0.25, 0.3) is 0 Å². The molecule has 4 rings (SSSR count). The van der Waals surface area contributed by atoms with Crippen molar-refractivity contribution in [2.75, 3.05) is 5.32 Å². The molecule has 2 unspecified atom stereocenters. The highest BCUT2D eigenvalue weighted by molar-refractivity contribution is 5.94. The number of para-hydroxylation sites is 1. The van der Waals surface area contributed by atoms with E-state index in [1.54, 1.807) is 43.3 Å². The van der Waals surface area contributed by atoms with Crippen LogP contribution in [-0.4, -0.2) is 27.4 Å². The summed E-state index contributed by atoms with van der Waals surface area (Å²) in [6, 6.07) is 16.0. The van der Waals surface area contributed by atoms with E-state index in [1.807, 2.05) is 18.2 Å². The van der Waals surface area contributed by atoms with Crippen molar-refractivity contribution in [2.45, 2.75) is 31.0 Å². The van der Waals surface area contributed by atoms with Crippen molar-refractivity contribution in [1.82, 2.24) is 10.2 Å². The van der Waals surface area contributed by atoms with E-state index in [1.165, 1.54) is 0 Å². The van der Waals surface area contributed by atoms with Crippen LogP contribution in [0.5, 0.6) is 11.5 Å². The zero-order valence-corrected chi connectivity index (χ0v) is 15.8. The van der Waals surface area contributed by atoms with Gasteiger partial charge in [0.05, 0.1) is 17.7 Å². The first kappa shape index (κ1) is 20.0. The molecule has 3 aromatic rings. The van der Waals surface area contributed by atoms with E-state index in [0.717, 1.165) is 0 Å². The third-order valence-electron chi connectivity index (χ3n) is 5.12. The number of aromatic amines is 1. The molecular weight excluding hydrogens is 399 g/mol. The first-order chi connectivity index (χ1) is 14.2. The topological polar surface area (TPSA) is 87.2 Å². The summed E-state index contributed by atoms with van der Waals surface area (Å²) in [5.74, 6) is -0.728. The molecule has 156 valence electrons. The van der Waals surface area contributed by atoms with Crippen LogP contribution in [0.4, 0.5) is 19.0 Å². The molecule has 0 saturated heterocycles. The molecular formula is C21H18F3N3O3. The summed E-state index contributed by atoms with van der Waals surface area (Å²) in [5, 5.41) is 19.1. The Morgan fingerprint density at radius 2 is 1.83 bits per heavy atom. The molecule has 6 nitrogen and oxygen atoms in total. The summed E-state index contributed by atoms with van der Waals surface area (Å²) >= 11 is 0. The maximum Gasteiger partial charge on any atom is 0.422 e. The number of halogens is 3. The molecule has 2 aromatic carbocycles. The van der Waals surface area contributed by atoms with E-state index in [0.29, 0.717) is 17.1 Å². The van der Waals surface area contributed by atoms with Crippen LogP contribution in [0, 0.1) is 0 Å². The van der Waals surface area contributed by atoms with Gasteiger partial charge in [-0.05, 0) is 29.8 Å². The number of amides is 1. The monoisotopic (exact) mass is 417 g/mol. The Kier molecular flexibility index (Phi) is 4.77. The van der Waals surface area contributed by atoms with E-state index in [9.17, 15) is 23.1 Å². The Hall–Kier alpha value is -3.33. The molecule has 1 amide bonds. The van der Waals surface area contributed by atoms with E-state index >= 15 is 0 Å². The number of carbonyl (C=O) groups excluding carboxylic acids is 1. The Morgan fingerprint density at radius 3 is 2.53 bits per heavy atom. The van der Waals surface area contributed by atoms with Crippen molar-refractivity contribution in [2.24, 2.45) is 0 Å². The van der Waals surface area contributed by atoms with Crippen molar-refractivity contribution in [3.8, 4) is 11.5 Å². The fourth-order valence-electron chi connectivity index (χ4n) is 3.56. The second-order valence-corrected chi connectivity index (χ2v) is 7.15. The largest absolute Gasteiger partial charge is 0.457 e. The van der Waals surface area contributed by atoms with E-state index in [2.05, 4.69) is 15.5 Å². The highest BCUT2D eigenvalue weighted by Gasteiger charge is 2.60. The van der Waals surface area contributed by atoms with Gasteiger partial charge in [0.1, 0.15) is 11.5 Å². The lowest BCUT2D eigenvalue weighted by atomic mass is 9.82. The molecule has 2 atom stereocenters. The van der Waals surface area contributed by atoms with Crippen LogP contribution in [-0.2, 0) is 10.4 Å². The molecule has 30 heavy (non-hydrogen) atoms. The quantitative estimate of drug-likeness (QED) is 0.586. The van der Waals surface area contributed by atoms with Crippen LogP contribution in [0.2, 0.25) is 0 Å². The minimum absolute atomic E-state index is 0.0710. The van der Waals surface area contributed by atoms with Crippen molar-refractivity contribution < 1.29 is 27.8 Å². The number of benzene rings is 2. The smallest absolute Gasteiger partial charge is 0.422 e. The van der Waals surface area contributed by atoms with Gasteiger partial charge in [-0.3, -0.25) is 9.89 Å². The van der Waals surface area contributed by atoms with E-state index in [-0.39, 0.29) is 11.5 Å². The molecule has 0 fully saturated rings. The number of nitrogens with zero attached hydrogens (tertiary/aromatic N) is 1. The maximum absolute atomic E-state index is 13.7. The first-order valence-electron chi connectivity index (χ1n) is 9.19. The Bertz CT molecular complexity index is 1080. The number of hydrogen-bond acceptors (Lipinski definition) is 4. The van der Waals surface area contributed by atoms with Crippen LogP contribution in [0.25, 0.3) is 0 Å². The standard InChI is InChI=1S/C21H18F3N3O3/c1-12(13-6-5-9-15(10-13)30-14-7-3-2-4-8-14)18-17-19(27-26-18)25-16(28)11-20(17,29)21(22,23)24/h2-10,12,29H,11H2,1H3,(H2,25,26,27,28). The number of alkyl halides is 3. The van der Waals surface area contributed by atoms with Gasteiger partial charge in [-0.15, -0.1) is 0 Å². The normalized spacial score (nSPS) is 19.7. The van der Waals surface area contributed by atoms with Crippen LogP contribution in [0.15, 0.2) is 54.6 Å². The van der Waals surface area contributed by atoms with Crippen LogP contribution >= 0.6 is 0 Å². The lowest BCUT2D eigenvalue weighted by Gasteiger charge is -2.34. The molecule has 0 bridgehead atoms. The highest BCUT2D eigenvalue weighted by Crippen LogP contribution is 2.49. The number of aliphatic hydroxyl groups is 1. The van der Waals surface area contributed by atoms with Gasteiger partial charge in [-0.2, -0.15) is 18.3 Å². The number of hydrogen-bond donors (Lipinski definition) is 3. The van der Waals surface area contributed by atoms with Gasteiger partial charge < -0.3 is 15.2 Å². The molecule has 1 aliphatic heterocycles. The predicted octanol–water partition coefficient (Wildman–Crippen LogP) is 4.45. The Labute approximate surface area is 169 Å². The Morgan fingerprint density at radius 1 is 1.13 bits per heavy atom. The zero-order valence-electron chi connectivity index (χ0n) is 15.8. The van der Waals surface area contributed by atoms with Crippen molar-refractivity contribution >= 4 is 11.7 Å². The highest BCUT2D eigenvalue weighted by atomic mass is 19.4. The van der Waals surface area contributed by atoms with Gasteiger partial charge in [-0.1, -0.05) is 37.3 Å². The number of anilines is 1. The number of H-pyrrole nitrogens is 1. The number of ether oxygens (including phenoxy) is 1. The summed E-state index contributed by atoms with van der Waals surface area (Å²) in [7, 11) is 0. The number of fused-ring (bicyclic) bond motifs is 1. The first-order valence-corrected chi connectivity index (χ1v) is 9.19. The second-order valence-electron chi connectivity index (χ2n) is 7.15. The molecule has 3 N–H and O–H groups in total. The fourth-order valence-corrected chi connectivity index (χ4v) is 3.56. The molecule has 9 heteroatoms. The average Bonchev–Trinajstić information content (AvgIpc) is 3.12. The minimum Gasteiger partial charge on any atom is -0.457 e. The number of carbonyl (C=O) groups is 1. The van der Waals surface area contributed by atoms with Gasteiger partial charge in [0.2, 0.25) is 5.91 Å². The number of rotatable bonds is 4. The van der Waals surface area contributed by atoms with Crippen molar-refractivity contribution in [3.05, 3.63) is 71.4 Å². The van der Waals surface area contributed by atoms with Gasteiger partial charge in [-0.25, -0.2) is 0 Å². The van der Waals surface area contributed by atoms with E-state index < -0.39 is 35.6 Å². The molecule has 0 spiro atoms. The van der Waals surface area contributed by atoms with E-state index in [4.69, 9.17) is 4.74 Å². The van der Waals surface area contributed by atoms with Crippen LogP contribution in [0.1, 0.15) is 36.1 Å². The predicted molar refractivity (Wildman–Crippen MR) is 102 cm³/mol. The molecule has 2 heterocycles. The molecule has 0 radical (unpaired) electrons. The zero-order chi connectivity index (χ0) is 21.5. The third-order valence-corrected chi connectivity index (χ3v) is 5.12. The molecule has 1 aromatic heterocycles. The van der Waals surface area contributed by atoms with Gasteiger partial charge >= 0.3 is 6.18 Å². The molecule has 1 aliphatic rings. The van der Waals surface area contributed by atoms with Gasteiger partial charge in [0, 0.05) is 5.92 Å². The maximum atomic E-state index is 13.7. The summed E-state index contributed by atoms with van der Waals surface area (Å²) in [4.78, 5) is 11.7. The third kappa shape index (κ3) is 3.41. The SMILES string of the molecule is CC(c1cccc(Oc2ccccc2)c1)c1[nH]nc2c1C(O)(C(F)(F)F)CC(=O)N2. The number of nitrogens with one attached hydrogen (secondary N) is 2. The second kappa shape index (κ2) is 7.17. The fraction of sp³-hybridized carbons (Fsp3) is 0.238. The van der Waals surface area contributed by atoms with Crippen LogP contribution < -0.4 is 10.1 Å². The van der Waals surface area contributed by atoms with Crippen molar-refractivity contribution in [1.29, 1.82) is 0 Å². The molecule has 0 saturated carbocycles. The number of aromatic nitrogens is 2. The van der Waals surface area contributed by atoms with Crippen LogP contribution in [0.3, 0.4) is 0 Å². The lowest BCUT2D eigenvalue weighted by Crippen LogP contribution is -2.48. The summed E-state index contributed by atoms with van der Waals surface area (Å²) in [6.45, 7) is 1.68. The summed E-state index contributed by atoms with van der Waals surface area (Å²) < 4.78 is 46.9. The molecule has 0 aliphatic carbocycles. The summed E-state index contributed by atoms with van der Waals surface area (Å²) in [6.07, 6.45) is -6.17. The van der Waals surface area contributed by atoms with Crippen molar-refractivity contribution in [3.63, 3.8) is 0 Å². The average molecular weight is 417 g/mol. The minimum atomic E-state index is -5.05.